The number of amides is 1. The summed E-state index contributed by atoms with van der Waals surface area (Å²) in [7, 11) is 0. The van der Waals surface area contributed by atoms with Crippen LogP contribution in [0.1, 0.15) is 47.7 Å². The van der Waals surface area contributed by atoms with E-state index in [1.807, 2.05) is 38.1 Å². The fourth-order valence-electron chi connectivity index (χ4n) is 2.97. The van der Waals surface area contributed by atoms with Gasteiger partial charge in [0, 0.05) is 30.2 Å². The fraction of sp³-hybridized carbons (Fsp3) is 0.474. The van der Waals surface area contributed by atoms with Gasteiger partial charge in [-0.2, -0.15) is 0 Å². The number of hydrogen-bond acceptors (Lipinski definition) is 3. The van der Waals surface area contributed by atoms with E-state index in [0.29, 0.717) is 24.6 Å². The van der Waals surface area contributed by atoms with E-state index in [1.165, 1.54) is 0 Å². The summed E-state index contributed by atoms with van der Waals surface area (Å²) in [6.07, 6.45) is 2.67. The van der Waals surface area contributed by atoms with Gasteiger partial charge in [0.05, 0.1) is 17.8 Å². The molecule has 0 radical (unpaired) electrons. The third-order valence-corrected chi connectivity index (χ3v) is 4.24. The number of nitrogens with two attached hydrogens (primary N) is 1. The standard InChI is InChI=1S/C19H28N4O.2ClH/c1-13(2)9-17(11-20)22-19(24)18-10-14(3)23(15(18)4)12-16-7-5-6-8-21-16;;/h5-8,10,13,17H,9,11-12,20H2,1-4H3,(H,22,24);2*1H. The maximum Gasteiger partial charge on any atom is 0.253 e. The molecule has 0 saturated heterocycles. The summed E-state index contributed by atoms with van der Waals surface area (Å²) in [6.45, 7) is 9.38. The van der Waals surface area contributed by atoms with Crippen LogP contribution in [0, 0.1) is 19.8 Å². The molecule has 1 unspecified atom stereocenters. The number of nitrogens with zero attached hydrogens (tertiary/aromatic N) is 2. The lowest BCUT2D eigenvalue weighted by Crippen LogP contribution is -2.41. The zero-order chi connectivity index (χ0) is 17.7. The Labute approximate surface area is 168 Å². The molecule has 0 aliphatic heterocycles. The van der Waals surface area contributed by atoms with Gasteiger partial charge >= 0.3 is 0 Å². The second kappa shape index (κ2) is 11.2. The van der Waals surface area contributed by atoms with E-state index in [9.17, 15) is 4.79 Å². The monoisotopic (exact) mass is 400 g/mol. The average Bonchev–Trinajstić information content (AvgIpc) is 2.83. The molecule has 1 atom stereocenters. The molecule has 2 rings (SSSR count). The minimum Gasteiger partial charge on any atom is -0.348 e. The first-order chi connectivity index (χ1) is 11.4. The van der Waals surface area contributed by atoms with Crippen molar-refractivity contribution in [3.8, 4) is 0 Å². The van der Waals surface area contributed by atoms with Crippen molar-refractivity contribution in [3.05, 3.63) is 53.1 Å². The van der Waals surface area contributed by atoms with E-state index in [4.69, 9.17) is 5.73 Å². The molecule has 3 N–H and O–H groups in total. The van der Waals surface area contributed by atoms with Gasteiger partial charge in [-0.05, 0) is 44.4 Å². The predicted molar refractivity (Wildman–Crippen MR) is 112 cm³/mol. The Hall–Kier alpha value is -1.56. The number of pyridine rings is 1. The maximum atomic E-state index is 12.6. The van der Waals surface area contributed by atoms with Gasteiger partial charge in [0.15, 0.2) is 0 Å². The molecule has 26 heavy (non-hydrogen) atoms. The van der Waals surface area contributed by atoms with Gasteiger partial charge in [-0.25, -0.2) is 0 Å². The molecule has 7 heteroatoms. The van der Waals surface area contributed by atoms with E-state index in [-0.39, 0.29) is 36.8 Å². The van der Waals surface area contributed by atoms with Crippen LogP contribution < -0.4 is 11.1 Å². The van der Waals surface area contributed by atoms with Gasteiger partial charge in [0.2, 0.25) is 0 Å². The van der Waals surface area contributed by atoms with Gasteiger partial charge in [-0.1, -0.05) is 19.9 Å². The smallest absolute Gasteiger partial charge is 0.253 e. The molecular weight excluding hydrogens is 371 g/mol. The highest BCUT2D eigenvalue weighted by molar-refractivity contribution is 5.95. The molecule has 0 spiro atoms. The van der Waals surface area contributed by atoms with E-state index >= 15 is 0 Å². The molecule has 0 aromatic carbocycles. The Balaban J connectivity index is 0.00000312. The summed E-state index contributed by atoms with van der Waals surface area (Å²) in [4.78, 5) is 17.0. The van der Waals surface area contributed by atoms with Crippen molar-refractivity contribution >= 4 is 30.7 Å². The molecule has 146 valence electrons. The lowest BCUT2D eigenvalue weighted by Gasteiger charge is -2.19. The zero-order valence-electron chi connectivity index (χ0n) is 15.9. The zero-order valence-corrected chi connectivity index (χ0v) is 17.5. The second-order valence-corrected chi connectivity index (χ2v) is 6.73. The van der Waals surface area contributed by atoms with Gasteiger partial charge in [0.25, 0.3) is 5.91 Å². The molecule has 0 aliphatic carbocycles. The van der Waals surface area contributed by atoms with Gasteiger partial charge in [-0.15, -0.1) is 24.8 Å². The highest BCUT2D eigenvalue weighted by Crippen LogP contribution is 2.17. The third-order valence-electron chi connectivity index (χ3n) is 4.24. The number of halogens is 2. The first-order valence-corrected chi connectivity index (χ1v) is 8.50. The number of nitrogens with one attached hydrogen (secondary N) is 1. The highest BCUT2D eigenvalue weighted by atomic mass is 35.5. The van der Waals surface area contributed by atoms with E-state index in [2.05, 4.69) is 28.7 Å². The van der Waals surface area contributed by atoms with Crippen LogP contribution in [-0.4, -0.2) is 28.0 Å². The van der Waals surface area contributed by atoms with Gasteiger partial charge in [-0.3, -0.25) is 9.78 Å². The Kier molecular flexibility index (Phi) is 10.5. The molecule has 5 nitrogen and oxygen atoms in total. The van der Waals surface area contributed by atoms with E-state index in [0.717, 1.165) is 23.5 Å². The van der Waals surface area contributed by atoms with Crippen LogP contribution in [0.3, 0.4) is 0 Å². The second-order valence-electron chi connectivity index (χ2n) is 6.73. The third kappa shape index (κ3) is 6.31. The van der Waals surface area contributed by atoms with Crippen molar-refractivity contribution in [2.45, 2.75) is 46.7 Å². The molecule has 2 aromatic rings. The van der Waals surface area contributed by atoms with E-state index in [1.54, 1.807) is 6.20 Å². The van der Waals surface area contributed by atoms with Gasteiger partial charge < -0.3 is 15.6 Å². The molecule has 0 aliphatic rings. The molecule has 0 fully saturated rings. The number of carbonyl (C=O) groups is 1. The van der Waals surface area contributed by atoms with Crippen LogP contribution >= 0.6 is 24.8 Å². The molecule has 2 aromatic heterocycles. The summed E-state index contributed by atoms with van der Waals surface area (Å²) >= 11 is 0. The summed E-state index contributed by atoms with van der Waals surface area (Å²) in [5.41, 5.74) is 9.49. The topological polar surface area (TPSA) is 72.9 Å². The van der Waals surface area contributed by atoms with Crippen molar-refractivity contribution in [1.29, 1.82) is 0 Å². The van der Waals surface area contributed by atoms with Crippen LogP contribution in [0.25, 0.3) is 0 Å². The number of aromatic nitrogens is 2. The van der Waals surface area contributed by atoms with Crippen molar-refractivity contribution < 1.29 is 4.79 Å². The van der Waals surface area contributed by atoms with Crippen molar-refractivity contribution in [1.82, 2.24) is 14.9 Å². The molecule has 1 amide bonds. The largest absolute Gasteiger partial charge is 0.348 e. The first kappa shape index (κ1) is 24.4. The van der Waals surface area contributed by atoms with Crippen LogP contribution in [0.15, 0.2) is 30.5 Å². The molecule has 0 saturated carbocycles. The lowest BCUT2D eigenvalue weighted by atomic mass is 10.0. The maximum absolute atomic E-state index is 12.6. The number of carbonyl (C=O) groups excluding carboxylic acids is 1. The first-order valence-electron chi connectivity index (χ1n) is 8.50. The Morgan fingerprint density at radius 2 is 1.96 bits per heavy atom. The normalized spacial score (nSPS) is 11.5. The number of aryl methyl sites for hydroxylation is 1. The lowest BCUT2D eigenvalue weighted by molar-refractivity contribution is 0.0933. The molecule has 0 bridgehead atoms. The Morgan fingerprint density at radius 1 is 1.27 bits per heavy atom. The van der Waals surface area contributed by atoms with E-state index < -0.39 is 0 Å². The van der Waals surface area contributed by atoms with Crippen LogP contribution in [0.2, 0.25) is 0 Å². The summed E-state index contributed by atoms with van der Waals surface area (Å²) < 4.78 is 2.12. The number of hydrogen-bond donors (Lipinski definition) is 2. The van der Waals surface area contributed by atoms with Crippen LogP contribution in [0.5, 0.6) is 0 Å². The minimum atomic E-state index is -0.0496. The van der Waals surface area contributed by atoms with Gasteiger partial charge in [0.1, 0.15) is 0 Å². The Morgan fingerprint density at radius 3 is 2.50 bits per heavy atom. The van der Waals surface area contributed by atoms with Crippen molar-refractivity contribution in [2.75, 3.05) is 6.54 Å². The highest BCUT2D eigenvalue weighted by Gasteiger charge is 2.19. The average molecular weight is 401 g/mol. The molecular formula is C19H30Cl2N4O. The van der Waals surface area contributed by atoms with Crippen molar-refractivity contribution in [2.24, 2.45) is 11.7 Å². The minimum absolute atomic E-state index is 0. The Bertz CT molecular complexity index is 686. The van der Waals surface area contributed by atoms with Crippen LogP contribution in [0.4, 0.5) is 0 Å². The SMILES string of the molecule is Cc1cc(C(=O)NC(CN)CC(C)C)c(C)n1Cc1ccccn1.Cl.Cl. The quantitative estimate of drug-likeness (QED) is 0.746. The molecule has 2 heterocycles. The van der Waals surface area contributed by atoms with Crippen LogP contribution in [-0.2, 0) is 6.54 Å². The predicted octanol–water partition coefficient (Wildman–Crippen LogP) is 3.50. The summed E-state index contributed by atoms with van der Waals surface area (Å²) in [5, 5.41) is 3.07. The summed E-state index contributed by atoms with van der Waals surface area (Å²) in [5.74, 6) is 0.446. The number of rotatable bonds is 7. The summed E-state index contributed by atoms with van der Waals surface area (Å²) in [6, 6.07) is 7.82. The fourth-order valence-corrected chi connectivity index (χ4v) is 2.97. The van der Waals surface area contributed by atoms with Crippen molar-refractivity contribution in [3.63, 3.8) is 0 Å².